The van der Waals surface area contributed by atoms with Gasteiger partial charge < -0.3 is 26.0 Å². The molecule has 2 heterocycles. The number of aromatic hydroxyl groups is 1. The van der Waals surface area contributed by atoms with E-state index in [1.807, 2.05) is 19.1 Å². The monoisotopic (exact) mass is 561 g/mol. The maximum Gasteiger partial charge on any atom is 0.169 e. The van der Waals surface area contributed by atoms with Gasteiger partial charge in [-0.15, -0.1) is 0 Å². The first-order valence-corrected chi connectivity index (χ1v) is 15.9. The first-order chi connectivity index (χ1) is 19.8. The molecule has 4 aliphatic rings. The molecule has 0 spiro atoms. The standard InChI is InChI=1S/C34H47N3O4/c1-34(41,37-16-14-35-15-17-37)27-12-11-24-18-26(9-4-8-23(24)19-27)32(39)29-21-28-25(20-30(29)38)10-5-13-36-31(28)33(40)22-6-2-3-7-22/h11-12,19-22,26,31,33,35-36,38,40-41H,2-10,13-18H2,1H3. The summed E-state index contributed by atoms with van der Waals surface area (Å²) in [6, 6.07) is 9.74. The number of benzene rings is 2. The van der Waals surface area contributed by atoms with Crippen LogP contribution < -0.4 is 10.6 Å². The van der Waals surface area contributed by atoms with E-state index in [0.717, 1.165) is 99.9 Å². The summed E-state index contributed by atoms with van der Waals surface area (Å²) in [5.41, 5.74) is 4.67. The molecule has 7 nitrogen and oxygen atoms in total. The Kier molecular flexibility index (Phi) is 8.53. The van der Waals surface area contributed by atoms with E-state index in [4.69, 9.17) is 0 Å². The van der Waals surface area contributed by atoms with E-state index >= 15 is 0 Å². The number of phenols is 1. The van der Waals surface area contributed by atoms with Crippen LogP contribution in [0.15, 0.2) is 30.3 Å². The molecule has 0 bridgehead atoms. The third-order valence-corrected chi connectivity index (χ3v) is 10.4. The van der Waals surface area contributed by atoms with Gasteiger partial charge in [0, 0.05) is 32.1 Å². The van der Waals surface area contributed by atoms with Crippen LogP contribution in [0, 0.1) is 11.8 Å². The van der Waals surface area contributed by atoms with Gasteiger partial charge in [0.2, 0.25) is 0 Å². The number of piperazine rings is 1. The van der Waals surface area contributed by atoms with Crippen LogP contribution in [0.3, 0.4) is 0 Å². The second kappa shape index (κ2) is 12.1. The lowest BCUT2D eigenvalue weighted by molar-refractivity contribution is -0.105. The van der Waals surface area contributed by atoms with E-state index < -0.39 is 11.8 Å². The molecule has 6 rings (SSSR count). The van der Waals surface area contributed by atoms with Gasteiger partial charge in [-0.05, 0) is 111 Å². The molecule has 2 fully saturated rings. The van der Waals surface area contributed by atoms with Crippen molar-refractivity contribution in [2.24, 2.45) is 11.8 Å². The Balaban J connectivity index is 1.25. The summed E-state index contributed by atoms with van der Waals surface area (Å²) in [7, 11) is 0. The third-order valence-electron chi connectivity index (χ3n) is 10.4. The lowest BCUT2D eigenvalue weighted by Gasteiger charge is -2.40. The van der Waals surface area contributed by atoms with Crippen molar-refractivity contribution in [2.45, 2.75) is 89.0 Å². The minimum atomic E-state index is -1.03. The average molecular weight is 562 g/mol. The van der Waals surface area contributed by atoms with Crippen LogP contribution in [0.25, 0.3) is 0 Å². The molecule has 4 atom stereocenters. The summed E-state index contributed by atoms with van der Waals surface area (Å²) in [6.45, 7) is 6.05. The number of hydrogen-bond donors (Lipinski definition) is 5. The zero-order valence-corrected chi connectivity index (χ0v) is 24.5. The highest BCUT2D eigenvalue weighted by molar-refractivity contribution is 6.00. The molecular weight excluding hydrogens is 514 g/mol. The molecule has 0 aromatic heterocycles. The molecule has 1 saturated heterocycles. The zero-order valence-electron chi connectivity index (χ0n) is 24.5. The van der Waals surface area contributed by atoms with Gasteiger partial charge in [0.15, 0.2) is 5.78 Å². The number of fused-ring (bicyclic) bond motifs is 2. The van der Waals surface area contributed by atoms with Crippen LogP contribution in [0.5, 0.6) is 5.75 Å². The zero-order chi connectivity index (χ0) is 28.6. The molecule has 1 saturated carbocycles. The maximum absolute atomic E-state index is 14.0. The normalized spacial score (nSPS) is 26.3. The number of carbonyl (C=O) groups excluding carboxylic acids is 1. The van der Waals surface area contributed by atoms with Crippen LogP contribution in [0.2, 0.25) is 0 Å². The molecular formula is C34H47N3O4. The first-order valence-electron chi connectivity index (χ1n) is 15.9. The summed E-state index contributed by atoms with van der Waals surface area (Å²) in [4.78, 5) is 16.2. The Morgan fingerprint density at radius 3 is 2.49 bits per heavy atom. The van der Waals surface area contributed by atoms with Crippen LogP contribution in [-0.2, 0) is 25.0 Å². The molecule has 222 valence electrons. The highest BCUT2D eigenvalue weighted by Crippen LogP contribution is 2.39. The van der Waals surface area contributed by atoms with E-state index in [-0.39, 0.29) is 29.4 Å². The SMILES string of the molecule is CC(O)(c1ccc2c(c1)CCCC(C(=O)c1cc3c(cc1O)CCCNC3C(O)C1CCCC1)C2)N1CCNCC1. The Hall–Kier alpha value is -2.29. The number of carbonyl (C=O) groups is 1. The Bertz CT molecular complexity index is 1250. The predicted molar refractivity (Wildman–Crippen MR) is 160 cm³/mol. The Morgan fingerprint density at radius 2 is 1.71 bits per heavy atom. The van der Waals surface area contributed by atoms with Crippen molar-refractivity contribution in [3.63, 3.8) is 0 Å². The van der Waals surface area contributed by atoms with Gasteiger partial charge in [-0.2, -0.15) is 0 Å². The number of Topliss-reactive ketones (excluding diaryl/α,β-unsaturated/α-hetero) is 1. The van der Waals surface area contributed by atoms with Crippen LogP contribution in [0.1, 0.15) is 96.1 Å². The number of hydrogen-bond acceptors (Lipinski definition) is 7. The largest absolute Gasteiger partial charge is 0.507 e. The van der Waals surface area contributed by atoms with Crippen molar-refractivity contribution in [1.29, 1.82) is 0 Å². The first kappa shape index (κ1) is 28.8. The summed E-state index contributed by atoms with van der Waals surface area (Å²) in [5.74, 6) is 0.128. The van der Waals surface area contributed by atoms with Gasteiger partial charge in [0.05, 0.1) is 17.7 Å². The van der Waals surface area contributed by atoms with Crippen molar-refractivity contribution < 1.29 is 20.1 Å². The Morgan fingerprint density at radius 1 is 0.951 bits per heavy atom. The number of ketones is 1. The lowest BCUT2D eigenvalue weighted by Crippen LogP contribution is -2.53. The van der Waals surface area contributed by atoms with Gasteiger partial charge in [-0.25, -0.2) is 0 Å². The minimum absolute atomic E-state index is 0.00612. The fraction of sp³-hybridized carbons (Fsp3) is 0.618. The predicted octanol–water partition coefficient (Wildman–Crippen LogP) is 3.97. The topological polar surface area (TPSA) is 105 Å². The number of rotatable bonds is 6. The molecule has 5 N–H and O–H groups in total. The second-order valence-corrected chi connectivity index (χ2v) is 13.0. The quantitative estimate of drug-likeness (QED) is 0.269. The second-order valence-electron chi connectivity index (χ2n) is 13.0. The van der Waals surface area contributed by atoms with Crippen LogP contribution in [0.4, 0.5) is 0 Å². The minimum Gasteiger partial charge on any atom is -0.507 e. The van der Waals surface area contributed by atoms with Crippen LogP contribution in [-0.4, -0.2) is 64.8 Å². The van der Waals surface area contributed by atoms with Crippen molar-refractivity contribution >= 4 is 5.78 Å². The number of aliphatic hydroxyl groups is 2. The van der Waals surface area contributed by atoms with Crippen molar-refractivity contribution in [2.75, 3.05) is 32.7 Å². The van der Waals surface area contributed by atoms with Crippen molar-refractivity contribution in [3.05, 3.63) is 63.7 Å². The number of aryl methyl sites for hydroxylation is 2. The third kappa shape index (κ3) is 5.84. The summed E-state index contributed by atoms with van der Waals surface area (Å²) < 4.78 is 0. The van der Waals surface area contributed by atoms with E-state index in [2.05, 4.69) is 27.7 Å². The molecule has 4 unspecified atom stereocenters. The summed E-state index contributed by atoms with van der Waals surface area (Å²) >= 11 is 0. The average Bonchev–Trinajstić information content (AvgIpc) is 3.34. The molecule has 0 radical (unpaired) electrons. The number of phenolic OH excluding ortho intramolecular Hbond substituents is 1. The van der Waals surface area contributed by atoms with Crippen molar-refractivity contribution in [3.8, 4) is 5.75 Å². The molecule has 7 heteroatoms. The molecule has 2 aliphatic heterocycles. The fourth-order valence-corrected chi connectivity index (χ4v) is 7.86. The van der Waals surface area contributed by atoms with E-state index in [0.29, 0.717) is 12.0 Å². The summed E-state index contributed by atoms with van der Waals surface area (Å²) in [6.07, 6.45) is 8.87. The smallest absolute Gasteiger partial charge is 0.169 e. The lowest BCUT2D eigenvalue weighted by atomic mass is 9.84. The fourth-order valence-electron chi connectivity index (χ4n) is 7.86. The van der Waals surface area contributed by atoms with Gasteiger partial charge in [-0.3, -0.25) is 9.69 Å². The van der Waals surface area contributed by atoms with Crippen LogP contribution >= 0.6 is 0 Å². The Labute approximate surface area is 244 Å². The van der Waals surface area contributed by atoms with E-state index in [1.54, 1.807) is 6.07 Å². The molecule has 0 amide bonds. The highest BCUT2D eigenvalue weighted by atomic mass is 16.3. The van der Waals surface area contributed by atoms with Gasteiger partial charge in [0.25, 0.3) is 0 Å². The maximum atomic E-state index is 14.0. The summed E-state index contributed by atoms with van der Waals surface area (Å²) in [5, 5.41) is 40.8. The molecule has 41 heavy (non-hydrogen) atoms. The van der Waals surface area contributed by atoms with E-state index in [1.165, 1.54) is 18.4 Å². The van der Waals surface area contributed by atoms with Gasteiger partial charge >= 0.3 is 0 Å². The van der Waals surface area contributed by atoms with Crippen molar-refractivity contribution in [1.82, 2.24) is 15.5 Å². The van der Waals surface area contributed by atoms with E-state index in [9.17, 15) is 20.1 Å². The highest BCUT2D eigenvalue weighted by Gasteiger charge is 2.36. The number of nitrogens with zero attached hydrogens (tertiary/aromatic N) is 1. The molecule has 2 aromatic rings. The van der Waals surface area contributed by atoms with Gasteiger partial charge in [-0.1, -0.05) is 31.0 Å². The van der Waals surface area contributed by atoms with Gasteiger partial charge in [0.1, 0.15) is 11.5 Å². The molecule has 2 aromatic carbocycles. The molecule has 2 aliphatic carbocycles. The number of aliphatic hydroxyl groups excluding tert-OH is 1. The number of nitrogens with one attached hydrogen (secondary N) is 2.